The average Bonchev–Trinajstić information content (AvgIpc) is 3.11. The molecule has 1 unspecified atom stereocenters. The van der Waals surface area contributed by atoms with Gasteiger partial charge in [0.1, 0.15) is 17.6 Å². The maximum atomic E-state index is 12.8. The summed E-state index contributed by atoms with van der Waals surface area (Å²) in [5, 5.41) is 13.9. The van der Waals surface area contributed by atoms with Crippen LogP contribution in [-0.4, -0.2) is 27.5 Å². The van der Waals surface area contributed by atoms with Gasteiger partial charge in [-0.25, -0.2) is 4.98 Å². The van der Waals surface area contributed by atoms with Crippen LogP contribution < -0.4 is 10.1 Å². The van der Waals surface area contributed by atoms with E-state index in [2.05, 4.69) is 10.3 Å². The smallest absolute Gasteiger partial charge is 0.270 e. The number of nitrogens with one attached hydrogen (secondary N) is 1. The molecule has 0 aliphatic heterocycles. The first-order valence-corrected chi connectivity index (χ1v) is 8.16. The maximum absolute atomic E-state index is 12.8. The van der Waals surface area contributed by atoms with Crippen LogP contribution in [0, 0.1) is 10.1 Å². The number of carbonyl (C=O) groups is 1. The van der Waals surface area contributed by atoms with Crippen molar-refractivity contribution in [1.82, 2.24) is 14.9 Å². The second-order valence-corrected chi connectivity index (χ2v) is 5.89. The van der Waals surface area contributed by atoms with E-state index in [4.69, 9.17) is 4.74 Å². The van der Waals surface area contributed by atoms with Gasteiger partial charge in [-0.1, -0.05) is 18.2 Å². The molecule has 0 aliphatic rings. The van der Waals surface area contributed by atoms with Gasteiger partial charge in [0, 0.05) is 37.1 Å². The molecule has 0 spiro atoms. The molecule has 0 aliphatic carbocycles. The van der Waals surface area contributed by atoms with E-state index in [-0.39, 0.29) is 11.3 Å². The number of carbonyl (C=O) groups excluding carboxylic acids is 1. The standard InChI is InChI=1S/C19H18N4O4/c1-22-10-9-20-18(22)17(13-5-4-8-16(12-13)27-2)21-19(24)14-6-3-7-15(11-14)23(25)26/h3-12,17H,1-2H3,(H,21,24). The van der Waals surface area contributed by atoms with Crippen molar-refractivity contribution in [3.05, 3.63) is 88.0 Å². The molecular formula is C19H18N4O4. The highest BCUT2D eigenvalue weighted by atomic mass is 16.6. The van der Waals surface area contributed by atoms with Gasteiger partial charge >= 0.3 is 0 Å². The number of hydrogen-bond acceptors (Lipinski definition) is 5. The number of nitrogens with zero attached hydrogens (tertiary/aromatic N) is 3. The van der Waals surface area contributed by atoms with Crippen LogP contribution in [0.5, 0.6) is 5.75 Å². The van der Waals surface area contributed by atoms with Crippen molar-refractivity contribution >= 4 is 11.6 Å². The van der Waals surface area contributed by atoms with Crippen LogP contribution >= 0.6 is 0 Å². The lowest BCUT2D eigenvalue weighted by atomic mass is 10.0. The Morgan fingerprint density at radius 1 is 1.26 bits per heavy atom. The Labute approximate surface area is 155 Å². The Kier molecular flexibility index (Phi) is 5.16. The van der Waals surface area contributed by atoms with E-state index >= 15 is 0 Å². The fourth-order valence-electron chi connectivity index (χ4n) is 2.75. The van der Waals surface area contributed by atoms with Crippen molar-refractivity contribution in [3.63, 3.8) is 0 Å². The van der Waals surface area contributed by atoms with Crippen LogP contribution in [-0.2, 0) is 7.05 Å². The van der Waals surface area contributed by atoms with Crippen molar-refractivity contribution in [3.8, 4) is 5.75 Å². The molecule has 3 rings (SSSR count). The first-order valence-electron chi connectivity index (χ1n) is 8.16. The second-order valence-electron chi connectivity index (χ2n) is 5.89. The molecule has 0 saturated heterocycles. The Hall–Kier alpha value is -3.68. The quantitative estimate of drug-likeness (QED) is 0.534. The number of rotatable bonds is 6. The first-order chi connectivity index (χ1) is 13.0. The van der Waals surface area contributed by atoms with E-state index < -0.39 is 16.9 Å². The Balaban J connectivity index is 1.96. The number of amides is 1. The Morgan fingerprint density at radius 2 is 2.04 bits per heavy atom. The van der Waals surface area contributed by atoms with Crippen LogP contribution in [0.25, 0.3) is 0 Å². The van der Waals surface area contributed by atoms with Crippen LogP contribution in [0.4, 0.5) is 5.69 Å². The summed E-state index contributed by atoms with van der Waals surface area (Å²) in [6.45, 7) is 0. The minimum atomic E-state index is -0.549. The number of methoxy groups -OCH3 is 1. The third kappa shape index (κ3) is 3.95. The molecule has 27 heavy (non-hydrogen) atoms. The molecule has 1 amide bonds. The number of aryl methyl sites for hydroxylation is 1. The summed E-state index contributed by atoms with van der Waals surface area (Å²) in [6.07, 6.45) is 3.42. The summed E-state index contributed by atoms with van der Waals surface area (Å²) in [7, 11) is 3.39. The van der Waals surface area contributed by atoms with Gasteiger partial charge in [-0.15, -0.1) is 0 Å². The first kappa shape index (κ1) is 18.1. The molecule has 3 aromatic rings. The van der Waals surface area contributed by atoms with Gasteiger partial charge in [-0.2, -0.15) is 0 Å². The largest absolute Gasteiger partial charge is 0.497 e. The minimum Gasteiger partial charge on any atom is -0.497 e. The van der Waals surface area contributed by atoms with Gasteiger partial charge < -0.3 is 14.6 Å². The third-order valence-corrected chi connectivity index (χ3v) is 4.14. The molecular weight excluding hydrogens is 348 g/mol. The number of hydrogen-bond donors (Lipinski definition) is 1. The normalized spacial score (nSPS) is 11.6. The molecule has 8 heteroatoms. The lowest BCUT2D eigenvalue weighted by molar-refractivity contribution is -0.384. The lowest BCUT2D eigenvalue weighted by Crippen LogP contribution is -2.31. The molecule has 2 aromatic carbocycles. The van der Waals surface area contributed by atoms with Crippen molar-refractivity contribution < 1.29 is 14.5 Å². The van der Waals surface area contributed by atoms with E-state index in [0.29, 0.717) is 11.6 Å². The predicted octanol–water partition coefficient (Wildman–Crippen LogP) is 2.86. The fraction of sp³-hybridized carbons (Fsp3) is 0.158. The van der Waals surface area contributed by atoms with Gasteiger partial charge in [0.15, 0.2) is 0 Å². The predicted molar refractivity (Wildman–Crippen MR) is 98.6 cm³/mol. The fourth-order valence-corrected chi connectivity index (χ4v) is 2.75. The van der Waals surface area contributed by atoms with Crippen LogP contribution in [0.3, 0.4) is 0 Å². The number of benzene rings is 2. The van der Waals surface area contributed by atoms with Gasteiger partial charge in [0.05, 0.1) is 12.0 Å². The van der Waals surface area contributed by atoms with E-state index in [1.165, 1.54) is 24.3 Å². The molecule has 0 saturated carbocycles. The van der Waals surface area contributed by atoms with E-state index in [1.807, 2.05) is 25.2 Å². The summed E-state index contributed by atoms with van der Waals surface area (Å²) in [4.78, 5) is 27.5. The molecule has 0 bridgehead atoms. The Morgan fingerprint density at radius 3 is 2.70 bits per heavy atom. The van der Waals surface area contributed by atoms with Gasteiger partial charge in [0.25, 0.3) is 11.6 Å². The van der Waals surface area contributed by atoms with Gasteiger partial charge in [-0.3, -0.25) is 14.9 Å². The average molecular weight is 366 g/mol. The van der Waals surface area contributed by atoms with E-state index in [1.54, 1.807) is 30.1 Å². The van der Waals surface area contributed by atoms with Crippen LogP contribution in [0.15, 0.2) is 60.9 Å². The van der Waals surface area contributed by atoms with Crippen molar-refractivity contribution in [2.75, 3.05) is 7.11 Å². The Bertz CT molecular complexity index is 983. The summed E-state index contributed by atoms with van der Waals surface area (Å²) in [5.41, 5.74) is 0.839. The number of nitro benzene ring substituents is 1. The molecule has 8 nitrogen and oxygen atoms in total. The SMILES string of the molecule is COc1cccc(C(NC(=O)c2cccc([N+](=O)[O-])c2)c2nccn2C)c1. The zero-order valence-electron chi connectivity index (χ0n) is 14.8. The molecule has 138 valence electrons. The van der Waals surface area contributed by atoms with Crippen molar-refractivity contribution in [2.45, 2.75) is 6.04 Å². The summed E-state index contributed by atoms with van der Waals surface area (Å²) >= 11 is 0. The van der Waals surface area contributed by atoms with E-state index in [0.717, 1.165) is 5.56 Å². The van der Waals surface area contributed by atoms with Crippen LogP contribution in [0.1, 0.15) is 27.8 Å². The molecule has 0 fully saturated rings. The van der Waals surface area contributed by atoms with Crippen molar-refractivity contribution in [1.29, 1.82) is 0 Å². The van der Waals surface area contributed by atoms with Crippen LogP contribution in [0.2, 0.25) is 0 Å². The molecule has 1 aromatic heterocycles. The maximum Gasteiger partial charge on any atom is 0.270 e. The number of aromatic nitrogens is 2. The monoisotopic (exact) mass is 366 g/mol. The topological polar surface area (TPSA) is 99.3 Å². The molecule has 1 atom stereocenters. The highest BCUT2D eigenvalue weighted by Gasteiger charge is 2.22. The zero-order chi connectivity index (χ0) is 19.4. The van der Waals surface area contributed by atoms with Crippen molar-refractivity contribution in [2.24, 2.45) is 7.05 Å². The number of non-ortho nitro benzene ring substituents is 1. The summed E-state index contributed by atoms with van der Waals surface area (Å²) in [6, 6.07) is 12.4. The molecule has 0 radical (unpaired) electrons. The highest BCUT2D eigenvalue weighted by Crippen LogP contribution is 2.25. The second kappa shape index (κ2) is 7.69. The lowest BCUT2D eigenvalue weighted by Gasteiger charge is -2.20. The van der Waals surface area contributed by atoms with E-state index in [9.17, 15) is 14.9 Å². The summed E-state index contributed by atoms with van der Waals surface area (Å²) < 4.78 is 7.07. The third-order valence-electron chi connectivity index (χ3n) is 4.14. The molecule has 1 N–H and O–H groups in total. The number of imidazole rings is 1. The number of ether oxygens (including phenoxy) is 1. The minimum absolute atomic E-state index is 0.141. The summed E-state index contributed by atoms with van der Waals surface area (Å²) in [5.74, 6) is 0.841. The van der Waals surface area contributed by atoms with Gasteiger partial charge in [0.2, 0.25) is 0 Å². The highest BCUT2D eigenvalue weighted by molar-refractivity contribution is 5.95. The zero-order valence-corrected chi connectivity index (χ0v) is 14.8. The van der Waals surface area contributed by atoms with Gasteiger partial charge in [-0.05, 0) is 23.8 Å². The molecule has 1 heterocycles. The number of nitro groups is 1.